The zero-order chi connectivity index (χ0) is 16.3. The van der Waals surface area contributed by atoms with Gasteiger partial charge in [0.05, 0.1) is 16.9 Å². The van der Waals surface area contributed by atoms with Crippen LogP contribution in [0.25, 0.3) is 0 Å². The fourth-order valence-corrected chi connectivity index (χ4v) is 5.68. The van der Waals surface area contributed by atoms with E-state index in [1.807, 2.05) is 6.92 Å². The first-order valence-corrected chi connectivity index (χ1v) is 10.6. The second-order valence-electron chi connectivity index (χ2n) is 5.68. The van der Waals surface area contributed by atoms with Gasteiger partial charge in [-0.25, -0.2) is 21.1 Å². The highest BCUT2D eigenvalue weighted by atomic mass is 32.2. The van der Waals surface area contributed by atoms with Gasteiger partial charge in [0.25, 0.3) is 0 Å². The number of carboxylic acids is 1. The average molecular weight is 341 g/mol. The predicted octanol–water partition coefficient (Wildman–Crippen LogP) is 0.328. The van der Waals surface area contributed by atoms with Crippen molar-refractivity contribution in [1.82, 2.24) is 4.31 Å². The van der Waals surface area contributed by atoms with E-state index >= 15 is 0 Å². The lowest BCUT2D eigenvalue weighted by atomic mass is 9.75. The van der Waals surface area contributed by atoms with Gasteiger partial charge in [0.2, 0.25) is 10.0 Å². The first-order valence-electron chi connectivity index (χ1n) is 6.91. The number of rotatable bonds is 7. The van der Waals surface area contributed by atoms with Crippen molar-refractivity contribution in [2.75, 3.05) is 30.9 Å². The molecule has 1 aliphatic heterocycles. The number of nitrogens with zero attached hydrogens (tertiary/aromatic N) is 1. The molecule has 0 atom stereocenters. The number of piperidine rings is 1. The van der Waals surface area contributed by atoms with E-state index in [-0.39, 0.29) is 25.9 Å². The van der Waals surface area contributed by atoms with Gasteiger partial charge in [-0.15, -0.1) is 0 Å². The maximum atomic E-state index is 12.1. The van der Waals surface area contributed by atoms with Crippen molar-refractivity contribution in [1.29, 1.82) is 0 Å². The molecule has 0 radical (unpaired) electrons. The first kappa shape index (κ1) is 18.4. The van der Waals surface area contributed by atoms with Crippen LogP contribution in [0.1, 0.15) is 32.6 Å². The van der Waals surface area contributed by atoms with Crippen molar-refractivity contribution in [3.8, 4) is 0 Å². The smallest absolute Gasteiger partial charge is 0.309 e. The fraction of sp³-hybridized carbons (Fsp3) is 0.917. The summed E-state index contributed by atoms with van der Waals surface area (Å²) in [5.74, 6) is -1.73. The van der Waals surface area contributed by atoms with Crippen LogP contribution in [0.15, 0.2) is 0 Å². The molecule has 1 fully saturated rings. The van der Waals surface area contributed by atoms with Gasteiger partial charge in [0.1, 0.15) is 9.84 Å². The summed E-state index contributed by atoms with van der Waals surface area (Å²) in [6, 6.07) is 0. The van der Waals surface area contributed by atoms with Crippen LogP contribution in [0.3, 0.4) is 0 Å². The van der Waals surface area contributed by atoms with Gasteiger partial charge in [-0.3, -0.25) is 4.79 Å². The fourth-order valence-electron chi connectivity index (χ4n) is 2.63. The minimum absolute atomic E-state index is 0.137. The topological polar surface area (TPSA) is 109 Å². The van der Waals surface area contributed by atoms with Crippen molar-refractivity contribution >= 4 is 25.8 Å². The zero-order valence-corrected chi connectivity index (χ0v) is 14.0. The molecule has 0 aromatic heterocycles. The maximum Gasteiger partial charge on any atom is 0.309 e. The SMILES string of the molecule is CCCC1(C(=O)O)CCN(S(=O)(=O)CCS(C)(=O)=O)CC1. The van der Waals surface area contributed by atoms with Crippen LogP contribution in [0.2, 0.25) is 0 Å². The molecule has 1 saturated heterocycles. The highest BCUT2D eigenvalue weighted by Crippen LogP contribution is 2.37. The van der Waals surface area contributed by atoms with Crippen molar-refractivity contribution < 1.29 is 26.7 Å². The molecular weight excluding hydrogens is 318 g/mol. The van der Waals surface area contributed by atoms with Gasteiger partial charge in [-0.1, -0.05) is 13.3 Å². The second-order valence-corrected chi connectivity index (χ2v) is 10.0. The summed E-state index contributed by atoms with van der Waals surface area (Å²) in [6.45, 7) is 2.18. The Kier molecular flexibility index (Phi) is 5.79. The summed E-state index contributed by atoms with van der Waals surface area (Å²) >= 11 is 0. The normalized spacial score (nSPS) is 20.3. The molecule has 1 N–H and O–H groups in total. The lowest BCUT2D eigenvalue weighted by molar-refractivity contribution is -0.152. The summed E-state index contributed by atoms with van der Waals surface area (Å²) in [5, 5.41) is 9.37. The van der Waals surface area contributed by atoms with E-state index in [0.717, 1.165) is 12.7 Å². The van der Waals surface area contributed by atoms with Gasteiger partial charge in [-0.2, -0.15) is 0 Å². The highest BCUT2D eigenvalue weighted by molar-refractivity contribution is 7.93. The number of hydrogen-bond donors (Lipinski definition) is 1. The van der Waals surface area contributed by atoms with Gasteiger partial charge in [0.15, 0.2) is 0 Å². The molecule has 7 nitrogen and oxygen atoms in total. The number of carboxylic acid groups (broad SMARTS) is 1. The predicted molar refractivity (Wildman–Crippen MR) is 79.3 cm³/mol. The molecule has 1 heterocycles. The average Bonchev–Trinajstić information content (AvgIpc) is 2.36. The summed E-state index contributed by atoms with van der Waals surface area (Å²) in [5.41, 5.74) is -0.850. The first-order chi connectivity index (χ1) is 9.52. The van der Waals surface area contributed by atoms with Gasteiger partial charge in [0, 0.05) is 19.3 Å². The van der Waals surface area contributed by atoms with E-state index in [1.165, 1.54) is 4.31 Å². The Bertz CT molecular complexity index is 573. The molecule has 0 aliphatic carbocycles. The molecule has 0 unspecified atom stereocenters. The van der Waals surface area contributed by atoms with E-state index in [9.17, 15) is 26.7 Å². The monoisotopic (exact) mass is 341 g/mol. The Hall–Kier alpha value is -0.670. The minimum Gasteiger partial charge on any atom is -0.481 e. The molecule has 1 aliphatic rings. The summed E-state index contributed by atoms with van der Waals surface area (Å²) in [4.78, 5) is 11.4. The van der Waals surface area contributed by atoms with Crippen LogP contribution in [0.4, 0.5) is 0 Å². The number of sulfone groups is 1. The molecule has 0 spiro atoms. The van der Waals surface area contributed by atoms with E-state index in [4.69, 9.17) is 0 Å². The second kappa shape index (κ2) is 6.62. The zero-order valence-electron chi connectivity index (χ0n) is 12.4. The molecule has 0 aromatic carbocycles. The maximum absolute atomic E-state index is 12.1. The third-order valence-corrected chi connectivity index (χ3v) is 7.04. The van der Waals surface area contributed by atoms with Crippen molar-refractivity contribution in [2.24, 2.45) is 5.41 Å². The quantitative estimate of drug-likeness (QED) is 0.714. The van der Waals surface area contributed by atoms with Crippen LogP contribution in [0, 0.1) is 5.41 Å². The highest BCUT2D eigenvalue weighted by Gasteiger charge is 2.42. The molecule has 1 rings (SSSR count). The molecule has 0 bridgehead atoms. The Morgan fingerprint density at radius 3 is 2.05 bits per heavy atom. The Labute approximate surface area is 126 Å². The van der Waals surface area contributed by atoms with Gasteiger partial charge >= 0.3 is 5.97 Å². The van der Waals surface area contributed by atoms with Gasteiger partial charge < -0.3 is 5.11 Å². The summed E-state index contributed by atoms with van der Waals surface area (Å²) < 4.78 is 47.5. The minimum atomic E-state index is -3.65. The van der Waals surface area contributed by atoms with Crippen LogP contribution in [0.5, 0.6) is 0 Å². The van der Waals surface area contributed by atoms with E-state index in [1.54, 1.807) is 0 Å². The summed E-state index contributed by atoms with van der Waals surface area (Å²) in [6.07, 6.45) is 2.80. The standard InChI is InChI=1S/C12H23NO6S2/c1-3-4-12(11(14)15)5-7-13(8-6-12)21(18,19)10-9-20(2,16)17/h3-10H2,1-2H3,(H,14,15). The summed E-state index contributed by atoms with van der Waals surface area (Å²) in [7, 11) is -6.99. The molecule has 0 aromatic rings. The third kappa shape index (κ3) is 4.93. The van der Waals surface area contributed by atoms with Crippen molar-refractivity contribution in [3.63, 3.8) is 0 Å². The number of carbonyl (C=O) groups is 1. The lowest BCUT2D eigenvalue weighted by Crippen LogP contribution is -2.47. The number of hydrogen-bond acceptors (Lipinski definition) is 5. The van der Waals surface area contributed by atoms with Crippen molar-refractivity contribution in [2.45, 2.75) is 32.6 Å². The van der Waals surface area contributed by atoms with E-state index in [2.05, 4.69) is 0 Å². The molecule has 0 saturated carbocycles. The molecule has 0 amide bonds. The number of sulfonamides is 1. The molecule has 21 heavy (non-hydrogen) atoms. The van der Waals surface area contributed by atoms with Crippen LogP contribution < -0.4 is 0 Å². The third-order valence-electron chi connectivity index (χ3n) is 3.97. The van der Waals surface area contributed by atoms with Crippen LogP contribution >= 0.6 is 0 Å². The lowest BCUT2D eigenvalue weighted by Gasteiger charge is -2.38. The van der Waals surface area contributed by atoms with Gasteiger partial charge in [-0.05, 0) is 19.3 Å². The van der Waals surface area contributed by atoms with E-state index < -0.39 is 42.8 Å². The van der Waals surface area contributed by atoms with Crippen LogP contribution in [-0.2, 0) is 24.7 Å². The largest absolute Gasteiger partial charge is 0.481 e. The molecular formula is C12H23NO6S2. The van der Waals surface area contributed by atoms with E-state index in [0.29, 0.717) is 6.42 Å². The van der Waals surface area contributed by atoms with Crippen molar-refractivity contribution in [3.05, 3.63) is 0 Å². The Morgan fingerprint density at radius 1 is 1.14 bits per heavy atom. The Morgan fingerprint density at radius 2 is 1.67 bits per heavy atom. The number of aliphatic carboxylic acids is 1. The Balaban J connectivity index is 2.73. The van der Waals surface area contributed by atoms with Crippen LogP contribution in [-0.4, -0.2) is 63.1 Å². The molecule has 9 heteroatoms. The molecule has 124 valence electrons.